The normalized spacial score (nSPS) is 12.8. The van der Waals surface area contributed by atoms with E-state index in [9.17, 15) is 0 Å². The molecule has 3 aromatic rings. The highest BCUT2D eigenvalue weighted by Crippen LogP contribution is 2.26. The van der Waals surface area contributed by atoms with E-state index in [1.165, 1.54) is 5.56 Å². The summed E-state index contributed by atoms with van der Waals surface area (Å²) in [5.41, 5.74) is 9.43. The van der Waals surface area contributed by atoms with Crippen LogP contribution in [0.4, 0.5) is 0 Å². The number of rotatable bonds is 2. The molecule has 2 N–H and O–H groups in total. The molecule has 3 rings (SSSR count). The minimum atomic E-state index is -0.211. The van der Waals surface area contributed by atoms with E-state index in [1.54, 1.807) is 0 Å². The molecule has 0 saturated heterocycles. The number of nitrogens with two attached hydrogens (primary N) is 1. The van der Waals surface area contributed by atoms with Gasteiger partial charge in [-0.1, -0.05) is 48.0 Å². The molecule has 0 aliphatic carbocycles. The van der Waals surface area contributed by atoms with E-state index in [-0.39, 0.29) is 6.04 Å². The van der Waals surface area contributed by atoms with E-state index in [0.717, 1.165) is 22.3 Å². The van der Waals surface area contributed by atoms with E-state index in [1.807, 2.05) is 42.5 Å². The van der Waals surface area contributed by atoms with Crippen LogP contribution < -0.4 is 5.73 Å². The minimum absolute atomic E-state index is 0.211. The van der Waals surface area contributed by atoms with E-state index >= 15 is 0 Å². The summed E-state index contributed by atoms with van der Waals surface area (Å²) in [6, 6.07) is 18.0. The molecule has 0 bridgehead atoms. The monoisotopic (exact) mass is 237 g/mol. The maximum atomic E-state index is 6.26. The van der Waals surface area contributed by atoms with Crippen LogP contribution in [0.3, 0.4) is 0 Å². The summed E-state index contributed by atoms with van der Waals surface area (Å²) < 4.78 is 5.80. The third-order valence-corrected chi connectivity index (χ3v) is 3.15. The highest BCUT2D eigenvalue weighted by atomic mass is 16.3. The maximum Gasteiger partial charge on any atom is 0.134 e. The molecule has 0 spiro atoms. The summed E-state index contributed by atoms with van der Waals surface area (Å²) in [4.78, 5) is 0. The van der Waals surface area contributed by atoms with Crippen molar-refractivity contribution in [1.29, 1.82) is 0 Å². The van der Waals surface area contributed by atoms with E-state index < -0.39 is 0 Å². The SMILES string of the molecule is Cc1cccc([C@@H](N)c2cc3ccccc3o2)c1. The minimum Gasteiger partial charge on any atom is -0.459 e. The van der Waals surface area contributed by atoms with Gasteiger partial charge >= 0.3 is 0 Å². The lowest BCUT2D eigenvalue weighted by Crippen LogP contribution is -2.10. The summed E-state index contributed by atoms with van der Waals surface area (Å²) >= 11 is 0. The Balaban J connectivity index is 2.03. The fourth-order valence-electron chi connectivity index (χ4n) is 2.18. The zero-order valence-electron chi connectivity index (χ0n) is 10.3. The first-order valence-electron chi connectivity index (χ1n) is 6.04. The molecular weight excluding hydrogens is 222 g/mol. The van der Waals surface area contributed by atoms with Gasteiger partial charge in [0.05, 0.1) is 6.04 Å². The van der Waals surface area contributed by atoms with Crippen molar-refractivity contribution in [2.45, 2.75) is 13.0 Å². The van der Waals surface area contributed by atoms with Gasteiger partial charge in [0.1, 0.15) is 11.3 Å². The Morgan fingerprint density at radius 2 is 1.83 bits per heavy atom. The highest BCUT2D eigenvalue weighted by molar-refractivity contribution is 5.77. The Labute approximate surface area is 106 Å². The van der Waals surface area contributed by atoms with Crippen molar-refractivity contribution >= 4 is 11.0 Å². The zero-order chi connectivity index (χ0) is 12.5. The lowest BCUT2D eigenvalue weighted by Gasteiger charge is -2.09. The molecule has 0 fully saturated rings. The van der Waals surface area contributed by atoms with Crippen LogP contribution in [0.1, 0.15) is 22.9 Å². The van der Waals surface area contributed by atoms with Crippen LogP contribution in [0.5, 0.6) is 0 Å². The molecule has 2 aromatic carbocycles. The Kier molecular flexibility index (Phi) is 2.65. The van der Waals surface area contributed by atoms with Crippen LogP contribution in [0.2, 0.25) is 0 Å². The molecule has 90 valence electrons. The molecule has 1 atom stereocenters. The van der Waals surface area contributed by atoms with Crippen molar-refractivity contribution < 1.29 is 4.42 Å². The van der Waals surface area contributed by atoms with Crippen molar-refractivity contribution in [2.24, 2.45) is 5.73 Å². The van der Waals surface area contributed by atoms with Crippen molar-refractivity contribution in [2.75, 3.05) is 0 Å². The Morgan fingerprint density at radius 3 is 2.61 bits per heavy atom. The van der Waals surface area contributed by atoms with Crippen LogP contribution in [0.25, 0.3) is 11.0 Å². The molecule has 2 heteroatoms. The molecule has 0 radical (unpaired) electrons. The van der Waals surface area contributed by atoms with Gasteiger partial charge in [0.2, 0.25) is 0 Å². The Bertz CT molecular complexity index is 651. The molecule has 1 aromatic heterocycles. The quantitative estimate of drug-likeness (QED) is 0.736. The fraction of sp³-hybridized carbons (Fsp3) is 0.125. The number of hydrogen-bond acceptors (Lipinski definition) is 2. The van der Waals surface area contributed by atoms with Crippen molar-refractivity contribution in [3.05, 3.63) is 71.5 Å². The largest absolute Gasteiger partial charge is 0.459 e. The molecule has 0 aliphatic rings. The van der Waals surface area contributed by atoms with Crippen LogP contribution in [0, 0.1) is 6.92 Å². The van der Waals surface area contributed by atoms with Gasteiger partial charge in [-0.15, -0.1) is 0 Å². The smallest absolute Gasteiger partial charge is 0.134 e. The molecule has 2 nitrogen and oxygen atoms in total. The topological polar surface area (TPSA) is 39.2 Å². The average molecular weight is 237 g/mol. The van der Waals surface area contributed by atoms with Crippen LogP contribution in [-0.4, -0.2) is 0 Å². The molecule has 1 heterocycles. The Morgan fingerprint density at radius 1 is 1.00 bits per heavy atom. The number of aryl methyl sites for hydroxylation is 1. The lowest BCUT2D eigenvalue weighted by atomic mass is 10.0. The van der Waals surface area contributed by atoms with Gasteiger partial charge in [0.25, 0.3) is 0 Å². The second kappa shape index (κ2) is 4.31. The second-order valence-corrected chi connectivity index (χ2v) is 4.58. The number of benzene rings is 2. The summed E-state index contributed by atoms with van der Waals surface area (Å²) in [6.45, 7) is 2.06. The Hall–Kier alpha value is -2.06. The van der Waals surface area contributed by atoms with E-state index in [2.05, 4.69) is 19.1 Å². The summed E-state index contributed by atoms with van der Waals surface area (Å²) in [7, 11) is 0. The number of fused-ring (bicyclic) bond motifs is 1. The fourth-order valence-corrected chi connectivity index (χ4v) is 2.18. The van der Waals surface area contributed by atoms with Gasteiger partial charge < -0.3 is 10.2 Å². The summed E-state index contributed by atoms with van der Waals surface area (Å²) in [6.07, 6.45) is 0. The van der Waals surface area contributed by atoms with Crippen molar-refractivity contribution in [3.63, 3.8) is 0 Å². The molecule has 0 unspecified atom stereocenters. The number of furan rings is 1. The van der Waals surface area contributed by atoms with Crippen molar-refractivity contribution in [1.82, 2.24) is 0 Å². The second-order valence-electron chi connectivity index (χ2n) is 4.58. The first-order valence-corrected chi connectivity index (χ1v) is 6.04. The summed E-state index contributed by atoms with van der Waals surface area (Å²) in [5.74, 6) is 0.807. The van der Waals surface area contributed by atoms with E-state index in [0.29, 0.717) is 0 Å². The summed E-state index contributed by atoms with van der Waals surface area (Å²) in [5, 5.41) is 1.09. The number of hydrogen-bond donors (Lipinski definition) is 1. The molecular formula is C16H15NO. The van der Waals surface area contributed by atoms with Gasteiger partial charge in [0, 0.05) is 5.39 Å². The first kappa shape index (κ1) is 11.1. The van der Waals surface area contributed by atoms with Gasteiger partial charge in [-0.3, -0.25) is 0 Å². The van der Waals surface area contributed by atoms with Gasteiger partial charge in [-0.05, 0) is 24.6 Å². The lowest BCUT2D eigenvalue weighted by molar-refractivity contribution is 0.525. The molecule has 0 amide bonds. The highest BCUT2D eigenvalue weighted by Gasteiger charge is 2.13. The average Bonchev–Trinajstić information content (AvgIpc) is 2.81. The van der Waals surface area contributed by atoms with Gasteiger partial charge in [0.15, 0.2) is 0 Å². The van der Waals surface area contributed by atoms with Crippen LogP contribution in [-0.2, 0) is 0 Å². The number of para-hydroxylation sites is 1. The zero-order valence-corrected chi connectivity index (χ0v) is 10.3. The van der Waals surface area contributed by atoms with Crippen LogP contribution in [0.15, 0.2) is 59.0 Å². The first-order chi connectivity index (χ1) is 8.74. The standard InChI is InChI=1S/C16H15NO/c1-11-5-4-7-13(9-11)16(17)15-10-12-6-2-3-8-14(12)18-15/h2-10,16H,17H2,1H3/t16-/m1/s1. The molecule has 18 heavy (non-hydrogen) atoms. The van der Waals surface area contributed by atoms with Gasteiger partial charge in [-0.25, -0.2) is 0 Å². The molecule has 0 saturated carbocycles. The van der Waals surface area contributed by atoms with Crippen LogP contribution >= 0.6 is 0 Å². The van der Waals surface area contributed by atoms with Crippen molar-refractivity contribution in [3.8, 4) is 0 Å². The van der Waals surface area contributed by atoms with Gasteiger partial charge in [-0.2, -0.15) is 0 Å². The molecule has 0 aliphatic heterocycles. The maximum absolute atomic E-state index is 6.26. The third-order valence-electron chi connectivity index (χ3n) is 3.15. The van der Waals surface area contributed by atoms with E-state index in [4.69, 9.17) is 10.2 Å². The predicted octanol–water partition coefficient (Wildman–Crippen LogP) is 3.79. The third kappa shape index (κ3) is 1.91. The predicted molar refractivity (Wildman–Crippen MR) is 73.4 cm³/mol.